The predicted molar refractivity (Wildman–Crippen MR) is 113 cm³/mol. The Kier molecular flexibility index (Phi) is 10.5. The Bertz CT molecular complexity index is 659. The van der Waals surface area contributed by atoms with Crippen LogP contribution >= 0.6 is 0 Å². The maximum absolute atomic E-state index is 11.3. The molecule has 2 rings (SSSR count). The number of benzene rings is 1. The van der Waals surface area contributed by atoms with Crippen molar-refractivity contribution in [2.75, 3.05) is 25.1 Å². The molecule has 0 unspecified atom stereocenters. The number of carbonyl (C=O) groups excluding carboxylic acids is 1. The number of hydrogen-bond donors (Lipinski definition) is 1. The van der Waals surface area contributed by atoms with E-state index in [-0.39, 0.29) is 5.97 Å². The van der Waals surface area contributed by atoms with Gasteiger partial charge in [0.2, 0.25) is 0 Å². The van der Waals surface area contributed by atoms with E-state index in [4.69, 9.17) is 9.47 Å². The van der Waals surface area contributed by atoms with Crippen molar-refractivity contribution >= 4 is 11.8 Å². The second-order valence-electron chi connectivity index (χ2n) is 6.71. The number of hydrogen-bond acceptors (Lipinski definition) is 5. The summed E-state index contributed by atoms with van der Waals surface area (Å²) < 4.78 is 10.7. The molecule has 5 heteroatoms. The minimum absolute atomic E-state index is 0.0781. The fourth-order valence-electron chi connectivity index (χ4n) is 2.88. The molecule has 0 bridgehead atoms. The Morgan fingerprint density at radius 3 is 2.57 bits per heavy atom. The van der Waals surface area contributed by atoms with Crippen molar-refractivity contribution in [1.29, 1.82) is 0 Å². The van der Waals surface area contributed by atoms with Gasteiger partial charge in [0.05, 0.1) is 13.2 Å². The van der Waals surface area contributed by atoms with E-state index >= 15 is 0 Å². The van der Waals surface area contributed by atoms with Crippen molar-refractivity contribution in [3.05, 3.63) is 54.2 Å². The third kappa shape index (κ3) is 9.40. The van der Waals surface area contributed by atoms with Crippen molar-refractivity contribution in [2.24, 2.45) is 0 Å². The topological polar surface area (TPSA) is 60.5 Å². The van der Waals surface area contributed by atoms with Gasteiger partial charge in [-0.1, -0.05) is 31.0 Å². The molecule has 1 aromatic carbocycles. The van der Waals surface area contributed by atoms with Crippen molar-refractivity contribution in [3.63, 3.8) is 0 Å². The number of esters is 1. The molecule has 0 atom stereocenters. The summed E-state index contributed by atoms with van der Waals surface area (Å²) in [5.41, 5.74) is 1.33. The number of unbranched alkanes of at least 4 members (excludes halogenated alkanes) is 3. The fraction of sp³-hybridized carbons (Fsp3) is 0.478. The lowest BCUT2D eigenvalue weighted by Crippen LogP contribution is -2.08. The van der Waals surface area contributed by atoms with Crippen LogP contribution in [0.2, 0.25) is 0 Å². The summed E-state index contributed by atoms with van der Waals surface area (Å²) in [5.74, 6) is 1.73. The molecule has 0 saturated carbocycles. The zero-order valence-corrected chi connectivity index (χ0v) is 16.9. The lowest BCUT2D eigenvalue weighted by Gasteiger charge is -2.08. The third-order valence-corrected chi connectivity index (χ3v) is 4.39. The van der Waals surface area contributed by atoms with Crippen LogP contribution in [-0.2, 0) is 16.0 Å². The van der Waals surface area contributed by atoms with Gasteiger partial charge in [-0.15, -0.1) is 0 Å². The molecule has 1 N–H and O–H groups in total. The second-order valence-corrected chi connectivity index (χ2v) is 6.71. The van der Waals surface area contributed by atoms with Crippen LogP contribution in [0.5, 0.6) is 5.75 Å². The minimum atomic E-state index is -0.0781. The van der Waals surface area contributed by atoms with E-state index in [9.17, 15) is 4.79 Å². The van der Waals surface area contributed by atoms with Gasteiger partial charge in [-0.05, 0) is 62.4 Å². The van der Waals surface area contributed by atoms with Gasteiger partial charge in [-0.2, -0.15) is 0 Å². The van der Waals surface area contributed by atoms with Crippen molar-refractivity contribution < 1.29 is 14.3 Å². The normalized spacial score (nSPS) is 10.5. The standard InChI is InChI=1S/C23H32N2O3/c1-2-27-23(26)12-6-4-3-5-10-20-13-15-21(16-14-20)28-19-9-18-25-22-11-7-8-17-24-22/h7-8,11,13-17H,2-6,9-10,12,18-19H2,1H3,(H,24,25). The van der Waals surface area contributed by atoms with Gasteiger partial charge in [0, 0.05) is 19.2 Å². The molecule has 0 saturated heterocycles. The molecular weight excluding hydrogens is 352 g/mol. The van der Waals surface area contributed by atoms with Crippen LogP contribution in [0.25, 0.3) is 0 Å². The Hall–Kier alpha value is -2.56. The molecule has 152 valence electrons. The molecule has 1 aromatic heterocycles. The van der Waals surface area contributed by atoms with E-state index in [1.54, 1.807) is 6.20 Å². The highest BCUT2D eigenvalue weighted by Crippen LogP contribution is 2.15. The van der Waals surface area contributed by atoms with Gasteiger partial charge >= 0.3 is 5.97 Å². The molecule has 0 aliphatic rings. The van der Waals surface area contributed by atoms with Crippen LogP contribution < -0.4 is 10.1 Å². The number of rotatable bonds is 14. The Morgan fingerprint density at radius 1 is 1.00 bits per heavy atom. The molecule has 0 aliphatic carbocycles. The summed E-state index contributed by atoms with van der Waals surface area (Å²) in [6.45, 7) is 3.83. The fourth-order valence-corrected chi connectivity index (χ4v) is 2.88. The van der Waals surface area contributed by atoms with E-state index in [0.29, 0.717) is 19.6 Å². The summed E-state index contributed by atoms with van der Waals surface area (Å²) >= 11 is 0. The first-order chi connectivity index (χ1) is 13.8. The molecule has 1 heterocycles. The summed E-state index contributed by atoms with van der Waals surface area (Å²) in [6, 6.07) is 14.2. The van der Waals surface area contributed by atoms with Gasteiger partial charge in [-0.3, -0.25) is 4.79 Å². The largest absolute Gasteiger partial charge is 0.494 e. The van der Waals surface area contributed by atoms with Crippen LogP contribution in [0.15, 0.2) is 48.7 Å². The summed E-state index contributed by atoms with van der Waals surface area (Å²) in [6.07, 6.45) is 8.58. The Morgan fingerprint density at radius 2 is 1.82 bits per heavy atom. The quantitative estimate of drug-likeness (QED) is 0.366. The monoisotopic (exact) mass is 384 g/mol. The number of anilines is 1. The van der Waals surface area contributed by atoms with Gasteiger partial charge in [0.15, 0.2) is 0 Å². The highest BCUT2D eigenvalue weighted by molar-refractivity contribution is 5.69. The van der Waals surface area contributed by atoms with Crippen LogP contribution in [-0.4, -0.2) is 30.7 Å². The molecule has 0 aliphatic heterocycles. The number of ether oxygens (including phenoxy) is 2. The molecule has 5 nitrogen and oxygen atoms in total. The van der Waals surface area contributed by atoms with Gasteiger partial charge < -0.3 is 14.8 Å². The summed E-state index contributed by atoms with van der Waals surface area (Å²) in [4.78, 5) is 15.5. The average molecular weight is 385 g/mol. The minimum Gasteiger partial charge on any atom is -0.494 e. The van der Waals surface area contributed by atoms with Gasteiger partial charge in [0.25, 0.3) is 0 Å². The van der Waals surface area contributed by atoms with Gasteiger partial charge in [0.1, 0.15) is 11.6 Å². The molecule has 28 heavy (non-hydrogen) atoms. The highest BCUT2D eigenvalue weighted by Gasteiger charge is 2.01. The smallest absolute Gasteiger partial charge is 0.305 e. The number of pyridine rings is 1. The van der Waals surface area contributed by atoms with Crippen LogP contribution in [0.1, 0.15) is 51.0 Å². The second kappa shape index (κ2) is 13.6. The van der Waals surface area contributed by atoms with Crippen LogP contribution in [0, 0.1) is 0 Å². The zero-order chi connectivity index (χ0) is 19.9. The van der Waals surface area contributed by atoms with Gasteiger partial charge in [-0.25, -0.2) is 4.98 Å². The number of aromatic nitrogens is 1. The third-order valence-electron chi connectivity index (χ3n) is 4.39. The first-order valence-electron chi connectivity index (χ1n) is 10.3. The van der Waals surface area contributed by atoms with E-state index in [2.05, 4.69) is 22.4 Å². The number of aryl methyl sites for hydroxylation is 1. The molecule has 0 amide bonds. The van der Waals surface area contributed by atoms with Crippen molar-refractivity contribution in [1.82, 2.24) is 4.98 Å². The molecule has 0 spiro atoms. The van der Waals surface area contributed by atoms with Crippen molar-refractivity contribution in [2.45, 2.75) is 51.9 Å². The first kappa shape index (κ1) is 21.7. The molecular formula is C23H32N2O3. The van der Waals surface area contributed by atoms with E-state index in [1.165, 1.54) is 5.56 Å². The number of nitrogens with one attached hydrogen (secondary N) is 1. The zero-order valence-electron chi connectivity index (χ0n) is 16.9. The maximum atomic E-state index is 11.3. The predicted octanol–water partition coefficient (Wildman–Crippen LogP) is 5.02. The van der Waals surface area contributed by atoms with E-state index in [0.717, 1.165) is 56.6 Å². The van der Waals surface area contributed by atoms with E-state index < -0.39 is 0 Å². The summed E-state index contributed by atoms with van der Waals surface area (Å²) in [7, 11) is 0. The van der Waals surface area contributed by atoms with E-state index in [1.807, 2.05) is 37.3 Å². The molecule has 0 fully saturated rings. The average Bonchev–Trinajstić information content (AvgIpc) is 2.72. The number of carbonyl (C=O) groups is 1. The Balaban J connectivity index is 1.51. The Labute approximate surface area is 168 Å². The molecule has 2 aromatic rings. The maximum Gasteiger partial charge on any atom is 0.305 e. The first-order valence-corrected chi connectivity index (χ1v) is 10.3. The van der Waals surface area contributed by atoms with Crippen LogP contribution in [0.4, 0.5) is 5.82 Å². The lowest BCUT2D eigenvalue weighted by atomic mass is 10.1. The summed E-state index contributed by atoms with van der Waals surface area (Å²) in [5, 5.41) is 3.27. The lowest BCUT2D eigenvalue weighted by molar-refractivity contribution is -0.143. The van der Waals surface area contributed by atoms with Crippen molar-refractivity contribution in [3.8, 4) is 5.75 Å². The van der Waals surface area contributed by atoms with Crippen LogP contribution in [0.3, 0.4) is 0 Å². The SMILES string of the molecule is CCOC(=O)CCCCCCc1ccc(OCCCNc2ccccn2)cc1. The highest BCUT2D eigenvalue weighted by atomic mass is 16.5. The molecule has 0 radical (unpaired) electrons. The number of nitrogens with zero attached hydrogens (tertiary/aromatic N) is 1.